The van der Waals surface area contributed by atoms with Crippen molar-refractivity contribution in [3.05, 3.63) is 0 Å². The summed E-state index contributed by atoms with van der Waals surface area (Å²) in [6, 6.07) is 0. The molecule has 58 valence electrons. The van der Waals surface area contributed by atoms with Crippen molar-refractivity contribution in [3.8, 4) is 0 Å². The van der Waals surface area contributed by atoms with Crippen LogP contribution in [0.5, 0.6) is 0 Å². The minimum Gasteiger partial charge on any atom is -0.337 e. The van der Waals surface area contributed by atoms with Gasteiger partial charge in [0, 0.05) is 20.0 Å². The quantitative estimate of drug-likeness (QED) is 0.490. The van der Waals surface area contributed by atoms with Crippen molar-refractivity contribution >= 4 is 0 Å². The number of rotatable bonds is 0. The fraction of sp³-hybridized carbons (Fsp3) is 1.00. The van der Waals surface area contributed by atoms with Crippen molar-refractivity contribution in [1.29, 1.82) is 0 Å². The molecular weight excluding hydrogens is 130 g/mol. The highest BCUT2D eigenvalue weighted by Gasteiger charge is 2.40. The highest BCUT2D eigenvalue weighted by molar-refractivity contribution is 4.76. The van der Waals surface area contributed by atoms with E-state index in [1.54, 1.807) is 0 Å². The summed E-state index contributed by atoms with van der Waals surface area (Å²) in [6.07, 6.45) is 1.14. The Morgan fingerprint density at radius 3 is 2.80 bits per heavy atom. The van der Waals surface area contributed by atoms with E-state index in [0.717, 1.165) is 32.7 Å². The summed E-state index contributed by atoms with van der Waals surface area (Å²) in [5, 5.41) is 0. The second kappa shape index (κ2) is 2.19. The van der Waals surface area contributed by atoms with Gasteiger partial charge >= 0.3 is 0 Å². The zero-order valence-electron chi connectivity index (χ0n) is 6.30. The van der Waals surface area contributed by atoms with Gasteiger partial charge in [0.25, 0.3) is 0 Å². The van der Waals surface area contributed by atoms with Gasteiger partial charge in [-0.15, -0.1) is 0 Å². The van der Waals surface area contributed by atoms with Gasteiger partial charge in [0.1, 0.15) is 0 Å². The largest absolute Gasteiger partial charge is 0.337 e. The summed E-state index contributed by atoms with van der Waals surface area (Å²) < 4.78 is 10.9. The third-order valence-electron chi connectivity index (χ3n) is 2.25. The van der Waals surface area contributed by atoms with Crippen LogP contribution in [0.4, 0.5) is 0 Å². The summed E-state index contributed by atoms with van der Waals surface area (Å²) in [5.74, 6) is -0.377. The molecule has 10 heavy (non-hydrogen) atoms. The lowest BCUT2D eigenvalue weighted by Gasteiger charge is -2.37. The van der Waals surface area contributed by atoms with Crippen LogP contribution in [0.25, 0.3) is 0 Å². The normalized spacial score (nSPS) is 41.7. The van der Waals surface area contributed by atoms with Crippen LogP contribution >= 0.6 is 0 Å². The SMILES string of the molecule is CC12OCCCN1CCO2. The molecule has 2 aliphatic rings. The molecule has 0 saturated carbocycles. The summed E-state index contributed by atoms with van der Waals surface area (Å²) in [7, 11) is 0. The molecule has 0 aromatic carbocycles. The molecule has 0 aromatic rings. The van der Waals surface area contributed by atoms with Crippen LogP contribution in [0.15, 0.2) is 0 Å². The van der Waals surface area contributed by atoms with E-state index in [2.05, 4.69) is 4.90 Å². The van der Waals surface area contributed by atoms with Gasteiger partial charge in [-0.25, -0.2) is 0 Å². The molecule has 0 amide bonds. The van der Waals surface area contributed by atoms with E-state index >= 15 is 0 Å². The first-order valence-electron chi connectivity index (χ1n) is 3.84. The molecule has 0 aromatic heterocycles. The van der Waals surface area contributed by atoms with E-state index < -0.39 is 0 Å². The Morgan fingerprint density at radius 2 is 2.00 bits per heavy atom. The van der Waals surface area contributed by atoms with Crippen molar-refractivity contribution in [3.63, 3.8) is 0 Å². The van der Waals surface area contributed by atoms with Crippen molar-refractivity contribution in [2.75, 3.05) is 26.3 Å². The van der Waals surface area contributed by atoms with Crippen LogP contribution < -0.4 is 0 Å². The van der Waals surface area contributed by atoms with E-state index in [9.17, 15) is 0 Å². The Morgan fingerprint density at radius 1 is 1.20 bits per heavy atom. The smallest absolute Gasteiger partial charge is 0.227 e. The molecule has 0 bridgehead atoms. The molecule has 2 heterocycles. The van der Waals surface area contributed by atoms with Gasteiger partial charge in [0.2, 0.25) is 5.91 Å². The Hall–Kier alpha value is -0.120. The van der Waals surface area contributed by atoms with E-state index in [1.165, 1.54) is 0 Å². The topological polar surface area (TPSA) is 21.7 Å². The third-order valence-corrected chi connectivity index (χ3v) is 2.25. The monoisotopic (exact) mass is 143 g/mol. The molecule has 2 aliphatic heterocycles. The Kier molecular flexibility index (Phi) is 1.44. The van der Waals surface area contributed by atoms with Gasteiger partial charge in [-0.3, -0.25) is 4.90 Å². The summed E-state index contributed by atoms with van der Waals surface area (Å²) in [4.78, 5) is 2.25. The molecular formula is C7H13NO2. The Bertz CT molecular complexity index is 140. The third kappa shape index (κ3) is 0.856. The van der Waals surface area contributed by atoms with Gasteiger partial charge in [-0.2, -0.15) is 0 Å². The Labute approximate surface area is 60.9 Å². The highest BCUT2D eigenvalue weighted by Crippen LogP contribution is 2.27. The minimum atomic E-state index is -0.377. The standard InChI is InChI=1S/C7H13NO2/c1-7-8(4-6-10-7)3-2-5-9-7/h2-6H2,1H3. The first-order valence-corrected chi connectivity index (χ1v) is 3.84. The number of nitrogens with zero attached hydrogens (tertiary/aromatic N) is 1. The zero-order valence-corrected chi connectivity index (χ0v) is 6.30. The number of ether oxygens (including phenoxy) is 2. The molecule has 3 nitrogen and oxygen atoms in total. The molecule has 1 unspecified atom stereocenters. The molecule has 0 radical (unpaired) electrons. The van der Waals surface area contributed by atoms with Crippen LogP contribution in [0.2, 0.25) is 0 Å². The summed E-state index contributed by atoms with van der Waals surface area (Å²) in [6.45, 7) is 5.80. The van der Waals surface area contributed by atoms with Crippen LogP contribution in [-0.4, -0.2) is 37.1 Å². The molecule has 0 spiro atoms. The van der Waals surface area contributed by atoms with Gasteiger partial charge in [-0.1, -0.05) is 0 Å². The lowest BCUT2D eigenvalue weighted by atomic mass is 10.3. The van der Waals surface area contributed by atoms with Gasteiger partial charge in [-0.05, 0) is 6.42 Å². The average molecular weight is 143 g/mol. The van der Waals surface area contributed by atoms with Crippen molar-refractivity contribution in [2.45, 2.75) is 19.3 Å². The first kappa shape index (κ1) is 6.58. The average Bonchev–Trinajstić information content (AvgIpc) is 2.29. The van der Waals surface area contributed by atoms with E-state index in [1.807, 2.05) is 6.92 Å². The number of hydrogen-bond donors (Lipinski definition) is 0. The lowest BCUT2D eigenvalue weighted by molar-refractivity contribution is -0.281. The van der Waals surface area contributed by atoms with Crippen molar-refractivity contribution in [1.82, 2.24) is 4.90 Å². The second-order valence-corrected chi connectivity index (χ2v) is 2.94. The maximum atomic E-state index is 5.49. The summed E-state index contributed by atoms with van der Waals surface area (Å²) in [5.41, 5.74) is 0. The maximum absolute atomic E-state index is 5.49. The second-order valence-electron chi connectivity index (χ2n) is 2.94. The summed E-state index contributed by atoms with van der Waals surface area (Å²) >= 11 is 0. The molecule has 2 rings (SSSR count). The van der Waals surface area contributed by atoms with Crippen LogP contribution in [-0.2, 0) is 9.47 Å². The fourth-order valence-electron chi connectivity index (χ4n) is 1.60. The number of hydrogen-bond acceptors (Lipinski definition) is 3. The van der Waals surface area contributed by atoms with Crippen LogP contribution in [0.3, 0.4) is 0 Å². The molecule has 0 aliphatic carbocycles. The van der Waals surface area contributed by atoms with Gasteiger partial charge < -0.3 is 9.47 Å². The molecule has 2 fully saturated rings. The predicted molar refractivity (Wildman–Crippen MR) is 36.5 cm³/mol. The highest BCUT2D eigenvalue weighted by atomic mass is 16.7. The predicted octanol–water partition coefficient (Wildman–Crippen LogP) is 0.413. The molecule has 3 heteroatoms. The maximum Gasteiger partial charge on any atom is 0.227 e. The minimum absolute atomic E-state index is 0.377. The lowest BCUT2D eigenvalue weighted by Crippen LogP contribution is -2.49. The van der Waals surface area contributed by atoms with Crippen LogP contribution in [0.1, 0.15) is 13.3 Å². The first-order chi connectivity index (χ1) is 4.81. The van der Waals surface area contributed by atoms with E-state index in [0.29, 0.717) is 0 Å². The van der Waals surface area contributed by atoms with E-state index in [-0.39, 0.29) is 5.91 Å². The number of fused-ring (bicyclic) bond motifs is 1. The van der Waals surface area contributed by atoms with Crippen LogP contribution in [0, 0.1) is 0 Å². The van der Waals surface area contributed by atoms with Gasteiger partial charge in [0.15, 0.2) is 0 Å². The zero-order chi connectivity index (χ0) is 7.03. The van der Waals surface area contributed by atoms with Crippen molar-refractivity contribution < 1.29 is 9.47 Å². The van der Waals surface area contributed by atoms with Crippen molar-refractivity contribution in [2.24, 2.45) is 0 Å². The molecule has 2 saturated heterocycles. The van der Waals surface area contributed by atoms with E-state index in [4.69, 9.17) is 9.47 Å². The fourth-order valence-corrected chi connectivity index (χ4v) is 1.60. The van der Waals surface area contributed by atoms with Gasteiger partial charge in [0.05, 0.1) is 13.2 Å². The molecule has 0 N–H and O–H groups in total. The molecule has 1 atom stereocenters. The Balaban J connectivity index is 2.10.